The number of nitrogens with zero attached hydrogens (tertiary/aromatic N) is 2. The zero-order valence-corrected chi connectivity index (χ0v) is 10.5. The molecular formula is C13H10N2O2S. The van der Waals surface area contributed by atoms with Gasteiger partial charge in [0.05, 0.1) is 6.26 Å². The van der Waals surface area contributed by atoms with Gasteiger partial charge in [-0.3, -0.25) is 0 Å². The Balaban J connectivity index is 1.92. The molecule has 0 bridgehead atoms. The van der Waals surface area contributed by atoms with Crippen molar-refractivity contribution < 1.29 is 8.94 Å². The van der Waals surface area contributed by atoms with E-state index >= 15 is 0 Å². The van der Waals surface area contributed by atoms with Gasteiger partial charge in [0.25, 0.3) is 5.89 Å². The Hall–Kier alpha value is -2.01. The van der Waals surface area contributed by atoms with Gasteiger partial charge in [0.1, 0.15) is 0 Å². The maximum Gasteiger partial charge on any atom is 0.293 e. The minimum atomic E-state index is 0.393. The number of hydrogen-bond donors (Lipinski definition) is 0. The smallest absolute Gasteiger partial charge is 0.293 e. The third-order valence-electron chi connectivity index (χ3n) is 2.51. The molecule has 0 amide bonds. The Kier molecular flexibility index (Phi) is 2.90. The Labute approximate surface area is 108 Å². The van der Waals surface area contributed by atoms with Crippen molar-refractivity contribution >= 4 is 11.8 Å². The predicted octanol–water partition coefficient (Wildman–Crippen LogP) is 3.72. The fourth-order valence-electron chi connectivity index (χ4n) is 1.58. The number of aromatic nitrogens is 2. The largest absolute Gasteiger partial charge is 0.459 e. The molecule has 2 heterocycles. The summed E-state index contributed by atoms with van der Waals surface area (Å²) in [5, 5.41) is 3.94. The highest BCUT2D eigenvalue weighted by atomic mass is 32.2. The molecule has 0 spiro atoms. The van der Waals surface area contributed by atoms with Crippen LogP contribution in [0.5, 0.6) is 0 Å². The summed E-state index contributed by atoms with van der Waals surface area (Å²) in [5.74, 6) is 1.53. The van der Waals surface area contributed by atoms with E-state index in [9.17, 15) is 0 Å². The fourth-order valence-corrected chi connectivity index (χ4v) is 1.99. The van der Waals surface area contributed by atoms with Crippen LogP contribution in [0.25, 0.3) is 23.0 Å². The average Bonchev–Trinajstić information content (AvgIpc) is 3.09. The van der Waals surface area contributed by atoms with Crippen LogP contribution in [0.3, 0.4) is 0 Å². The summed E-state index contributed by atoms with van der Waals surface area (Å²) in [5.41, 5.74) is 0.925. The van der Waals surface area contributed by atoms with Crippen LogP contribution in [0, 0.1) is 0 Å². The van der Waals surface area contributed by atoms with Crippen molar-refractivity contribution in [1.82, 2.24) is 10.1 Å². The Morgan fingerprint density at radius 2 is 1.94 bits per heavy atom. The van der Waals surface area contributed by atoms with Crippen molar-refractivity contribution in [3.63, 3.8) is 0 Å². The van der Waals surface area contributed by atoms with Crippen molar-refractivity contribution in [2.45, 2.75) is 4.90 Å². The van der Waals surface area contributed by atoms with E-state index in [2.05, 4.69) is 10.1 Å². The molecule has 0 aliphatic heterocycles. The van der Waals surface area contributed by atoms with Crippen LogP contribution in [-0.2, 0) is 0 Å². The minimum absolute atomic E-state index is 0.393. The van der Waals surface area contributed by atoms with E-state index in [1.54, 1.807) is 30.2 Å². The second-order valence-corrected chi connectivity index (χ2v) is 4.51. The van der Waals surface area contributed by atoms with Crippen molar-refractivity contribution in [2.75, 3.05) is 6.26 Å². The van der Waals surface area contributed by atoms with E-state index in [1.807, 2.05) is 30.5 Å². The normalized spacial score (nSPS) is 10.7. The topological polar surface area (TPSA) is 52.1 Å². The average molecular weight is 258 g/mol. The highest BCUT2D eigenvalue weighted by Crippen LogP contribution is 2.24. The van der Waals surface area contributed by atoms with Crippen LogP contribution in [-0.4, -0.2) is 16.4 Å². The zero-order valence-electron chi connectivity index (χ0n) is 9.66. The summed E-state index contributed by atoms with van der Waals surface area (Å²) in [6.07, 6.45) is 3.62. The van der Waals surface area contributed by atoms with Crippen molar-refractivity contribution in [3.05, 3.63) is 42.7 Å². The zero-order chi connectivity index (χ0) is 12.4. The van der Waals surface area contributed by atoms with E-state index in [1.165, 1.54) is 4.90 Å². The Morgan fingerprint density at radius 1 is 1.11 bits per heavy atom. The fraction of sp³-hybridized carbons (Fsp3) is 0.0769. The number of rotatable bonds is 3. The second kappa shape index (κ2) is 4.70. The molecule has 18 heavy (non-hydrogen) atoms. The van der Waals surface area contributed by atoms with E-state index in [-0.39, 0.29) is 0 Å². The molecule has 3 rings (SSSR count). The lowest BCUT2D eigenvalue weighted by molar-refractivity contribution is 0.417. The van der Waals surface area contributed by atoms with Crippen molar-refractivity contribution in [3.8, 4) is 23.0 Å². The van der Waals surface area contributed by atoms with Crippen LogP contribution in [0.1, 0.15) is 0 Å². The van der Waals surface area contributed by atoms with E-state index in [0.717, 1.165) is 5.56 Å². The Morgan fingerprint density at radius 3 is 2.61 bits per heavy atom. The van der Waals surface area contributed by atoms with Gasteiger partial charge >= 0.3 is 0 Å². The van der Waals surface area contributed by atoms with Crippen molar-refractivity contribution in [2.24, 2.45) is 0 Å². The molecule has 90 valence electrons. The monoisotopic (exact) mass is 258 g/mol. The molecule has 0 saturated heterocycles. The highest BCUT2D eigenvalue weighted by Gasteiger charge is 2.12. The molecule has 2 aromatic heterocycles. The summed E-state index contributed by atoms with van der Waals surface area (Å²) in [4.78, 5) is 5.50. The minimum Gasteiger partial charge on any atom is -0.459 e. The molecule has 0 atom stereocenters. The number of hydrogen-bond acceptors (Lipinski definition) is 5. The summed E-state index contributed by atoms with van der Waals surface area (Å²) in [6.45, 7) is 0. The molecule has 5 heteroatoms. The second-order valence-electron chi connectivity index (χ2n) is 3.63. The van der Waals surface area contributed by atoms with Gasteiger partial charge in [-0.25, -0.2) is 0 Å². The van der Waals surface area contributed by atoms with Gasteiger partial charge in [0, 0.05) is 10.5 Å². The van der Waals surface area contributed by atoms with E-state index < -0.39 is 0 Å². The van der Waals surface area contributed by atoms with Gasteiger partial charge in [0.2, 0.25) is 5.82 Å². The molecule has 0 aliphatic carbocycles. The first-order valence-electron chi connectivity index (χ1n) is 5.39. The molecule has 0 aliphatic rings. The maximum absolute atomic E-state index is 5.21. The summed E-state index contributed by atoms with van der Waals surface area (Å²) < 4.78 is 10.4. The molecule has 0 radical (unpaired) electrons. The van der Waals surface area contributed by atoms with Crippen LogP contribution in [0.15, 0.2) is 56.5 Å². The SMILES string of the molecule is CSc1ccc(-c2noc(-c3ccco3)n2)cc1. The first-order chi connectivity index (χ1) is 8.86. The van der Waals surface area contributed by atoms with Crippen LogP contribution < -0.4 is 0 Å². The summed E-state index contributed by atoms with van der Waals surface area (Å²) in [6, 6.07) is 11.6. The highest BCUT2D eigenvalue weighted by molar-refractivity contribution is 7.98. The third-order valence-corrected chi connectivity index (χ3v) is 3.25. The summed E-state index contributed by atoms with van der Waals surface area (Å²) >= 11 is 1.70. The van der Waals surface area contributed by atoms with Gasteiger partial charge in [-0.15, -0.1) is 11.8 Å². The standard InChI is InChI=1S/C13H10N2O2S/c1-18-10-6-4-9(5-7-10)12-14-13(17-15-12)11-3-2-8-16-11/h2-8H,1H3. The number of benzene rings is 1. The number of furan rings is 1. The lowest BCUT2D eigenvalue weighted by atomic mass is 10.2. The molecular weight excluding hydrogens is 248 g/mol. The molecule has 0 N–H and O–H groups in total. The van der Waals surface area contributed by atoms with Gasteiger partial charge < -0.3 is 8.94 Å². The lowest BCUT2D eigenvalue weighted by Crippen LogP contribution is -1.80. The van der Waals surface area contributed by atoms with Gasteiger partial charge in [-0.05, 0) is 42.7 Å². The van der Waals surface area contributed by atoms with E-state index in [4.69, 9.17) is 8.94 Å². The quantitative estimate of drug-likeness (QED) is 0.670. The first-order valence-corrected chi connectivity index (χ1v) is 6.61. The molecule has 0 unspecified atom stereocenters. The van der Waals surface area contributed by atoms with Crippen LogP contribution in [0.2, 0.25) is 0 Å². The number of thioether (sulfide) groups is 1. The van der Waals surface area contributed by atoms with Crippen molar-refractivity contribution in [1.29, 1.82) is 0 Å². The molecule has 1 aromatic carbocycles. The van der Waals surface area contributed by atoms with Gasteiger partial charge in [-0.2, -0.15) is 4.98 Å². The van der Waals surface area contributed by atoms with Crippen LogP contribution in [0.4, 0.5) is 0 Å². The molecule has 4 nitrogen and oxygen atoms in total. The molecule has 0 saturated carbocycles. The van der Waals surface area contributed by atoms with E-state index in [0.29, 0.717) is 17.5 Å². The molecule has 0 fully saturated rings. The van der Waals surface area contributed by atoms with Crippen LogP contribution >= 0.6 is 11.8 Å². The lowest BCUT2D eigenvalue weighted by Gasteiger charge is -1.96. The third kappa shape index (κ3) is 2.04. The summed E-state index contributed by atoms with van der Waals surface area (Å²) in [7, 11) is 0. The predicted molar refractivity (Wildman–Crippen MR) is 69.2 cm³/mol. The molecule has 3 aromatic rings. The van der Waals surface area contributed by atoms with Gasteiger partial charge in [0.15, 0.2) is 5.76 Å². The van der Waals surface area contributed by atoms with Gasteiger partial charge in [-0.1, -0.05) is 5.16 Å². The maximum atomic E-state index is 5.21. The Bertz CT molecular complexity index is 629. The first kappa shape index (κ1) is 11.1.